The Morgan fingerprint density at radius 3 is 2.65 bits per heavy atom. The average Bonchev–Trinajstić information content (AvgIpc) is 2.96. The second-order valence-corrected chi connectivity index (χ2v) is 7.19. The van der Waals surface area contributed by atoms with Crippen molar-refractivity contribution in [2.24, 2.45) is 0 Å². The van der Waals surface area contributed by atoms with Crippen LogP contribution in [0.15, 0.2) is 18.2 Å². The van der Waals surface area contributed by atoms with Crippen LogP contribution in [0.25, 0.3) is 0 Å². The van der Waals surface area contributed by atoms with Crippen LogP contribution >= 0.6 is 11.6 Å². The van der Waals surface area contributed by atoms with Crippen molar-refractivity contribution in [3.8, 4) is 0 Å². The predicted octanol–water partition coefficient (Wildman–Crippen LogP) is 2.61. The summed E-state index contributed by atoms with van der Waals surface area (Å²) in [7, 11) is 0. The van der Waals surface area contributed by atoms with Gasteiger partial charge in [0.1, 0.15) is 11.5 Å². The first-order valence-electron chi connectivity index (χ1n) is 8.76. The molecule has 1 N–H and O–H groups in total. The molecule has 2 saturated heterocycles. The molecule has 1 atom stereocenters. The molecular formula is C18H22ClFN2O4. The third-order valence-corrected chi connectivity index (χ3v) is 5.34. The molecule has 0 aromatic heterocycles. The van der Waals surface area contributed by atoms with Gasteiger partial charge in [-0.05, 0) is 31.2 Å². The van der Waals surface area contributed by atoms with E-state index in [9.17, 15) is 19.1 Å². The van der Waals surface area contributed by atoms with Crippen LogP contribution in [0.4, 0.5) is 4.39 Å². The molecule has 0 unspecified atom stereocenters. The van der Waals surface area contributed by atoms with Gasteiger partial charge in [-0.2, -0.15) is 0 Å². The van der Waals surface area contributed by atoms with Gasteiger partial charge in [-0.1, -0.05) is 18.5 Å². The van der Waals surface area contributed by atoms with E-state index in [2.05, 4.69) is 11.8 Å². The number of aliphatic carboxylic acids is 1. The third-order valence-electron chi connectivity index (χ3n) is 5.10. The second kappa shape index (κ2) is 7.50. The normalized spacial score (nSPS) is 22.7. The van der Waals surface area contributed by atoms with Gasteiger partial charge in [-0.15, -0.1) is 0 Å². The van der Waals surface area contributed by atoms with Crippen LogP contribution < -0.4 is 0 Å². The lowest BCUT2D eigenvalue weighted by atomic mass is 9.96. The summed E-state index contributed by atoms with van der Waals surface area (Å²) < 4.78 is 20.1. The highest BCUT2D eigenvalue weighted by molar-refractivity contribution is 6.30. The van der Waals surface area contributed by atoms with E-state index in [0.717, 1.165) is 19.0 Å². The number of likely N-dealkylation sites (tertiary alicyclic amines) is 1. The third kappa shape index (κ3) is 3.43. The van der Waals surface area contributed by atoms with Crippen LogP contribution in [-0.2, 0) is 9.53 Å². The summed E-state index contributed by atoms with van der Waals surface area (Å²) >= 11 is 5.76. The Morgan fingerprint density at radius 1 is 1.38 bits per heavy atom. The van der Waals surface area contributed by atoms with E-state index in [1.165, 1.54) is 17.0 Å². The fourth-order valence-corrected chi connectivity index (χ4v) is 3.95. The molecular weight excluding hydrogens is 363 g/mol. The maximum atomic E-state index is 14.3. The van der Waals surface area contributed by atoms with E-state index in [0.29, 0.717) is 25.9 Å². The molecule has 2 aliphatic heterocycles. The molecule has 3 rings (SSSR count). The van der Waals surface area contributed by atoms with Crippen LogP contribution in [0.5, 0.6) is 0 Å². The number of carbonyl (C=O) groups is 2. The van der Waals surface area contributed by atoms with E-state index in [1.807, 2.05) is 0 Å². The number of halogens is 2. The van der Waals surface area contributed by atoms with E-state index >= 15 is 0 Å². The summed E-state index contributed by atoms with van der Waals surface area (Å²) in [4.78, 5) is 28.2. The van der Waals surface area contributed by atoms with Crippen molar-refractivity contribution in [1.82, 2.24) is 9.80 Å². The number of hydrogen-bond donors (Lipinski definition) is 1. The lowest BCUT2D eigenvalue weighted by Crippen LogP contribution is -2.58. The van der Waals surface area contributed by atoms with Gasteiger partial charge in [0.2, 0.25) is 0 Å². The molecule has 26 heavy (non-hydrogen) atoms. The summed E-state index contributed by atoms with van der Waals surface area (Å²) in [6.45, 7) is 4.35. The minimum Gasteiger partial charge on any atom is -0.480 e. The lowest BCUT2D eigenvalue weighted by Gasteiger charge is -2.44. The van der Waals surface area contributed by atoms with Crippen LogP contribution in [0.2, 0.25) is 5.02 Å². The second-order valence-electron chi connectivity index (χ2n) is 6.75. The smallest absolute Gasteiger partial charge is 0.328 e. The van der Waals surface area contributed by atoms with Crippen LogP contribution in [0.3, 0.4) is 0 Å². The van der Waals surface area contributed by atoms with E-state index < -0.39 is 29.5 Å². The summed E-state index contributed by atoms with van der Waals surface area (Å²) in [5.41, 5.74) is -1.20. The van der Waals surface area contributed by atoms with Gasteiger partial charge >= 0.3 is 5.97 Å². The number of ether oxygens (including phenoxy) is 1. The number of carbonyl (C=O) groups excluding carboxylic acids is 1. The molecule has 8 heteroatoms. The molecule has 2 fully saturated rings. The van der Waals surface area contributed by atoms with Crippen molar-refractivity contribution in [3.05, 3.63) is 34.6 Å². The molecule has 0 radical (unpaired) electrons. The number of benzene rings is 1. The van der Waals surface area contributed by atoms with E-state index in [1.54, 1.807) is 0 Å². The van der Waals surface area contributed by atoms with Crippen LogP contribution in [0.1, 0.15) is 36.5 Å². The zero-order valence-corrected chi connectivity index (χ0v) is 15.3. The van der Waals surface area contributed by atoms with Crippen molar-refractivity contribution in [2.45, 2.75) is 38.0 Å². The Hall–Kier alpha value is -1.70. The van der Waals surface area contributed by atoms with Crippen molar-refractivity contribution in [3.63, 3.8) is 0 Å². The molecule has 1 aromatic carbocycles. The van der Waals surface area contributed by atoms with Crippen molar-refractivity contribution in [2.75, 3.05) is 26.2 Å². The molecule has 1 spiro atoms. The molecule has 0 aliphatic carbocycles. The number of rotatable bonds is 4. The maximum absolute atomic E-state index is 14.3. The zero-order valence-electron chi connectivity index (χ0n) is 14.6. The Bertz CT molecular complexity index is 706. The number of piperidine rings is 1. The monoisotopic (exact) mass is 384 g/mol. The quantitative estimate of drug-likeness (QED) is 0.864. The first-order valence-corrected chi connectivity index (χ1v) is 9.13. The Balaban J connectivity index is 1.91. The highest BCUT2D eigenvalue weighted by Crippen LogP contribution is 2.38. The summed E-state index contributed by atoms with van der Waals surface area (Å²) in [6, 6.07) is 2.63. The van der Waals surface area contributed by atoms with Crippen LogP contribution in [-0.4, -0.2) is 64.8 Å². The van der Waals surface area contributed by atoms with Gasteiger partial charge in [0.25, 0.3) is 5.91 Å². The molecule has 1 amide bonds. The highest BCUT2D eigenvalue weighted by atomic mass is 35.5. The number of nitrogens with zero attached hydrogens (tertiary/aromatic N) is 2. The fraction of sp³-hybridized carbons (Fsp3) is 0.556. The van der Waals surface area contributed by atoms with Gasteiger partial charge in [-0.3, -0.25) is 9.69 Å². The molecule has 6 nitrogen and oxygen atoms in total. The Labute approximate surface area is 156 Å². The topological polar surface area (TPSA) is 70.1 Å². The maximum Gasteiger partial charge on any atom is 0.328 e. The first kappa shape index (κ1) is 19.1. The van der Waals surface area contributed by atoms with Gasteiger partial charge in [0, 0.05) is 31.0 Å². The average molecular weight is 385 g/mol. The van der Waals surface area contributed by atoms with Gasteiger partial charge in [-0.25, -0.2) is 9.18 Å². The van der Waals surface area contributed by atoms with E-state index in [-0.39, 0.29) is 17.2 Å². The summed E-state index contributed by atoms with van der Waals surface area (Å²) in [5, 5.41) is 9.72. The predicted molar refractivity (Wildman–Crippen MR) is 93.7 cm³/mol. The SMILES string of the molecule is CCCN1CCC2(CC1)OC[C@H](C(=O)O)N2C(=O)c1ccc(Cl)cc1F. The van der Waals surface area contributed by atoms with Crippen molar-refractivity contribution < 1.29 is 23.8 Å². The first-order chi connectivity index (χ1) is 12.4. The minimum absolute atomic E-state index is 0.0932. The largest absolute Gasteiger partial charge is 0.480 e. The number of carboxylic acid groups (broad SMARTS) is 1. The molecule has 0 saturated carbocycles. The van der Waals surface area contributed by atoms with Crippen LogP contribution in [0, 0.1) is 5.82 Å². The molecule has 2 aliphatic rings. The molecule has 2 heterocycles. The Morgan fingerprint density at radius 2 is 2.08 bits per heavy atom. The van der Waals surface area contributed by atoms with Gasteiger partial charge in [0.15, 0.2) is 6.04 Å². The fourth-order valence-electron chi connectivity index (χ4n) is 3.79. The number of carboxylic acids is 1. The van der Waals surface area contributed by atoms with Gasteiger partial charge < -0.3 is 14.7 Å². The lowest BCUT2D eigenvalue weighted by molar-refractivity contribution is -0.143. The summed E-state index contributed by atoms with van der Waals surface area (Å²) in [6.07, 6.45) is 2.01. The summed E-state index contributed by atoms with van der Waals surface area (Å²) in [5.74, 6) is -2.59. The standard InChI is InChI=1S/C18H22ClFN2O4/c1-2-7-21-8-5-18(6-9-21)22(15(11-26-18)17(24)25)16(23)13-4-3-12(19)10-14(13)20/h3-4,10,15H,2,5-9,11H2,1H3,(H,24,25)/t15-/m1/s1. The number of hydrogen-bond acceptors (Lipinski definition) is 4. The van der Waals surface area contributed by atoms with Crippen molar-refractivity contribution in [1.29, 1.82) is 0 Å². The molecule has 0 bridgehead atoms. The van der Waals surface area contributed by atoms with E-state index in [4.69, 9.17) is 16.3 Å². The van der Waals surface area contributed by atoms with Crippen molar-refractivity contribution >= 4 is 23.5 Å². The molecule has 142 valence electrons. The highest BCUT2D eigenvalue weighted by Gasteiger charge is 2.54. The Kier molecular flexibility index (Phi) is 5.50. The minimum atomic E-state index is -1.15. The zero-order chi connectivity index (χ0) is 18.9. The molecule has 1 aromatic rings. The number of amides is 1. The van der Waals surface area contributed by atoms with Gasteiger partial charge in [0.05, 0.1) is 12.2 Å².